The first kappa shape index (κ1) is 33.2. The van der Waals surface area contributed by atoms with Gasteiger partial charge in [-0.25, -0.2) is 4.98 Å². The highest BCUT2D eigenvalue weighted by molar-refractivity contribution is 5.97. The SMILES string of the molecule is CCCC(=O)Oc1cc(C(=O)N2CCC(CCN3CCC(C(=O)c4nc5ccccc5[nH]4)CC3)(c3ccccc3)C2)cc(OC)c1OC. The summed E-state index contributed by atoms with van der Waals surface area (Å²) in [5.74, 6) is 0.747. The van der Waals surface area contributed by atoms with Crippen LogP contribution in [0.1, 0.15) is 72.0 Å². The minimum Gasteiger partial charge on any atom is -0.493 e. The number of Topliss-reactive ketones (excluding diaryl/α,β-unsaturated/α-hetero) is 1. The average Bonchev–Trinajstić information content (AvgIpc) is 3.76. The van der Waals surface area contributed by atoms with Crippen LogP contribution in [0.4, 0.5) is 0 Å². The maximum atomic E-state index is 14.0. The van der Waals surface area contributed by atoms with Gasteiger partial charge in [-0.1, -0.05) is 49.4 Å². The zero-order valence-corrected chi connectivity index (χ0v) is 28.0. The molecule has 3 heterocycles. The molecule has 0 radical (unpaired) electrons. The third kappa shape index (κ3) is 6.94. The van der Waals surface area contributed by atoms with Gasteiger partial charge >= 0.3 is 5.97 Å². The van der Waals surface area contributed by atoms with Crippen molar-refractivity contribution >= 4 is 28.7 Å². The zero-order chi connectivity index (χ0) is 33.7. The van der Waals surface area contributed by atoms with Crippen LogP contribution in [-0.2, 0) is 10.2 Å². The third-order valence-corrected chi connectivity index (χ3v) is 9.88. The van der Waals surface area contributed by atoms with E-state index < -0.39 is 5.97 Å². The average molecular weight is 653 g/mol. The van der Waals surface area contributed by atoms with Gasteiger partial charge in [-0.3, -0.25) is 14.4 Å². The smallest absolute Gasteiger partial charge is 0.311 e. The fourth-order valence-corrected chi connectivity index (χ4v) is 7.16. The van der Waals surface area contributed by atoms with Crippen LogP contribution in [0.3, 0.4) is 0 Å². The Balaban J connectivity index is 1.14. The molecular weight excluding hydrogens is 608 g/mol. The standard InChI is InChI=1S/C38H44N4O6/c1-4-10-33(43)48-32-24-27(23-31(46-2)35(32)47-3)37(45)42-22-18-38(25-42,28-11-6-5-7-12-28)17-21-41-19-15-26(16-20-41)34(44)36-39-29-13-8-9-14-30(29)40-36/h5-9,11-14,23-24,26H,4,10,15-22,25H2,1-3H3,(H,39,40). The van der Waals surface area contributed by atoms with Crippen LogP contribution in [0.15, 0.2) is 66.7 Å². The molecule has 0 saturated carbocycles. The van der Waals surface area contributed by atoms with Crippen LogP contribution in [0.5, 0.6) is 17.2 Å². The van der Waals surface area contributed by atoms with Gasteiger partial charge in [-0.15, -0.1) is 0 Å². The molecule has 2 aliphatic rings. The van der Waals surface area contributed by atoms with Gasteiger partial charge in [0.2, 0.25) is 11.5 Å². The van der Waals surface area contributed by atoms with E-state index in [0.29, 0.717) is 36.6 Å². The highest BCUT2D eigenvalue weighted by Crippen LogP contribution is 2.42. The molecule has 0 spiro atoms. The first-order valence-corrected chi connectivity index (χ1v) is 16.9. The lowest BCUT2D eigenvalue weighted by atomic mass is 9.76. The highest BCUT2D eigenvalue weighted by Gasteiger charge is 2.42. The minimum absolute atomic E-state index is 0.0443. The molecule has 2 aliphatic heterocycles. The number of benzene rings is 3. The maximum absolute atomic E-state index is 14.0. The molecule has 1 N–H and O–H groups in total. The molecule has 1 amide bonds. The first-order valence-electron chi connectivity index (χ1n) is 16.9. The predicted octanol–water partition coefficient (Wildman–Crippen LogP) is 6.05. The summed E-state index contributed by atoms with van der Waals surface area (Å²) < 4.78 is 16.6. The van der Waals surface area contributed by atoms with E-state index in [4.69, 9.17) is 14.2 Å². The molecule has 1 aromatic heterocycles. The second-order valence-corrected chi connectivity index (χ2v) is 12.9. The number of amides is 1. The number of H-pyrrole nitrogens is 1. The van der Waals surface area contributed by atoms with E-state index in [1.165, 1.54) is 19.8 Å². The lowest BCUT2D eigenvalue weighted by Crippen LogP contribution is -2.41. The van der Waals surface area contributed by atoms with E-state index in [1.807, 2.05) is 42.2 Å². The molecule has 0 aliphatic carbocycles. The highest BCUT2D eigenvalue weighted by atomic mass is 16.6. The van der Waals surface area contributed by atoms with Crippen molar-refractivity contribution in [1.29, 1.82) is 0 Å². The number of aromatic amines is 1. The van der Waals surface area contributed by atoms with Crippen molar-refractivity contribution in [2.45, 2.75) is 50.9 Å². The lowest BCUT2D eigenvalue weighted by Gasteiger charge is -2.36. The summed E-state index contributed by atoms with van der Waals surface area (Å²) >= 11 is 0. The first-order chi connectivity index (χ1) is 23.3. The number of ketones is 1. The van der Waals surface area contributed by atoms with Crippen molar-refractivity contribution < 1.29 is 28.6 Å². The van der Waals surface area contributed by atoms with Gasteiger partial charge in [0, 0.05) is 36.4 Å². The topological polar surface area (TPSA) is 114 Å². The predicted molar refractivity (Wildman–Crippen MR) is 183 cm³/mol. The number of fused-ring (bicyclic) bond motifs is 1. The Hall–Kier alpha value is -4.70. The van der Waals surface area contributed by atoms with Crippen LogP contribution in [0.25, 0.3) is 11.0 Å². The molecule has 10 nitrogen and oxygen atoms in total. The number of nitrogens with zero attached hydrogens (tertiary/aromatic N) is 3. The fraction of sp³-hybridized carbons (Fsp3) is 0.421. The number of carbonyl (C=O) groups is 3. The van der Waals surface area contributed by atoms with Gasteiger partial charge in [-0.2, -0.15) is 0 Å². The molecule has 48 heavy (non-hydrogen) atoms. The largest absolute Gasteiger partial charge is 0.493 e. The van der Waals surface area contributed by atoms with Crippen molar-refractivity contribution in [2.24, 2.45) is 5.92 Å². The quantitative estimate of drug-likeness (QED) is 0.112. The number of para-hydroxylation sites is 2. The minimum atomic E-state index is -0.394. The normalized spacial score (nSPS) is 18.6. The second kappa shape index (κ2) is 14.6. The maximum Gasteiger partial charge on any atom is 0.311 e. The number of nitrogens with one attached hydrogen (secondary N) is 1. The summed E-state index contributed by atoms with van der Waals surface area (Å²) in [5.41, 5.74) is 3.08. The number of hydrogen-bond acceptors (Lipinski definition) is 8. The van der Waals surface area contributed by atoms with Crippen LogP contribution in [0.2, 0.25) is 0 Å². The number of imidazole rings is 1. The summed E-state index contributed by atoms with van der Waals surface area (Å²) in [6.07, 6.45) is 4.20. The van der Waals surface area contributed by atoms with Gasteiger partial charge in [0.1, 0.15) is 0 Å². The number of methoxy groups -OCH3 is 2. The molecule has 3 aromatic carbocycles. The number of aromatic nitrogens is 2. The third-order valence-electron chi connectivity index (χ3n) is 9.88. The summed E-state index contributed by atoms with van der Waals surface area (Å²) in [5, 5.41) is 0. The van der Waals surface area contributed by atoms with Crippen molar-refractivity contribution in [3.05, 3.63) is 83.7 Å². The number of likely N-dealkylation sites (tertiary alicyclic amines) is 2. The van der Waals surface area contributed by atoms with Gasteiger partial charge in [-0.05, 0) is 81.6 Å². The van der Waals surface area contributed by atoms with E-state index in [2.05, 4.69) is 39.1 Å². The number of esters is 1. The molecule has 1 unspecified atom stereocenters. The lowest BCUT2D eigenvalue weighted by molar-refractivity contribution is -0.134. The van der Waals surface area contributed by atoms with Crippen LogP contribution in [0, 0.1) is 5.92 Å². The molecule has 2 saturated heterocycles. The van der Waals surface area contributed by atoms with E-state index >= 15 is 0 Å². The molecule has 6 rings (SSSR count). The Labute approximate surface area is 281 Å². The van der Waals surface area contributed by atoms with Gasteiger partial charge in [0.25, 0.3) is 5.91 Å². The van der Waals surface area contributed by atoms with Crippen molar-refractivity contribution in [2.75, 3.05) is 46.9 Å². The molecule has 0 bridgehead atoms. The molecule has 2 fully saturated rings. The Morgan fingerprint density at radius 1 is 0.938 bits per heavy atom. The Morgan fingerprint density at radius 2 is 1.67 bits per heavy atom. The molecular formula is C38H44N4O6. The summed E-state index contributed by atoms with van der Waals surface area (Å²) in [4.78, 5) is 51.8. The number of piperidine rings is 1. The Kier molecular flexibility index (Phi) is 10.1. The van der Waals surface area contributed by atoms with Crippen LogP contribution < -0.4 is 14.2 Å². The molecule has 1 atom stereocenters. The summed E-state index contributed by atoms with van der Waals surface area (Å²) in [7, 11) is 2.98. The Bertz CT molecular complexity index is 1730. The molecule has 252 valence electrons. The number of ether oxygens (including phenoxy) is 3. The Morgan fingerprint density at radius 3 is 2.38 bits per heavy atom. The van der Waals surface area contributed by atoms with Crippen molar-refractivity contribution in [3.8, 4) is 17.2 Å². The van der Waals surface area contributed by atoms with E-state index in [-0.39, 0.29) is 40.9 Å². The van der Waals surface area contributed by atoms with Crippen LogP contribution >= 0.6 is 0 Å². The van der Waals surface area contributed by atoms with Gasteiger partial charge in [0.05, 0.1) is 25.3 Å². The van der Waals surface area contributed by atoms with E-state index in [0.717, 1.165) is 56.4 Å². The van der Waals surface area contributed by atoms with Gasteiger partial charge < -0.3 is 29.0 Å². The summed E-state index contributed by atoms with van der Waals surface area (Å²) in [6.45, 7) is 5.62. The number of rotatable bonds is 12. The van der Waals surface area contributed by atoms with E-state index in [9.17, 15) is 14.4 Å². The number of hydrogen-bond donors (Lipinski definition) is 1. The monoisotopic (exact) mass is 652 g/mol. The summed E-state index contributed by atoms with van der Waals surface area (Å²) in [6, 6.07) is 21.4. The fourth-order valence-electron chi connectivity index (χ4n) is 7.16. The van der Waals surface area contributed by atoms with Crippen LogP contribution in [-0.4, -0.2) is 84.4 Å². The van der Waals surface area contributed by atoms with Crippen molar-refractivity contribution in [1.82, 2.24) is 19.8 Å². The zero-order valence-electron chi connectivity index (χ0n) is 28.0. The van der Waals surface area contributed by atoms with Crippen molar-refractivity contribution in [3.63, 3.8) is 0 Å². The molecule has 10 heteroatoms. The molecule has 4 aromatic rings. The van der Waals surface area contributed by atoms with Gasteiger partial charge in [0.15, 0.2) is 17.3 Å². The van der Waals surface area contributed by atoms with E-state index in [1.54, 1.807) is 12.1 Å². The number of carbonyl (C=O) groups excluding carboxylic acids is 3. The second-order valence-electron chi connectivity index (χ2n) is 12.9.